The van der Waals surface area contributed by atoms with Crippen molar-refractivity contribution in [1.82, 2.24) is 15.3 Å². The number of halogens is 1. The molecule has 1 aromatic carbocycles. The van der Waals surface area contributed by atoms with E-state index < -0.39 is 0 Å². The Bertz CT molecular complexity index is 476. The number of imidazole rings is 1. The van der Waals surface area contributed by atoms with Crippen LogP contribution < -0.4 is 5.32 Å². The highest BCUT2D eigenvalue weighted by Crippen LogP contribution is 2.13. The van der Waals surface area contributed by atoms with Crippen LogP contribution in [0.2, 0.25) is 0 Å². The first-order valence-corrected chi connectivity index (χ1v) is 5.64. The molecule has 0 amide bonds. The van der Waals surface area contributed by atoms with E-state index in [0.717, 1.165) is 17.0 Å². The van der Waals surface area contributed by atoms with E-state index >= 15 is 0 Å². The smallest absolute Gasteiger partial charge is 0.123 e. The van der Waals surface area contributed by atoms with E-state index in [2.05, 4.69) is 22.2 Å². The lowest BCUT2D eigenvalue weighted by atomic mass is 10.1. The van der Waals surface area contributed by atoms with Crippen molar-refractivity contribution in [1.29, 1.82) is 0 Å². The number of benzene rings is 1. The van der Waals surface area contributed by atoms with Crippen LogP contribution in [0.4, 0.5) is 4.39 Å². The zero-order valence-electron chi connectivity index (χ0n) is 10.00. The molecule has 1 heterocycles. The van der Waals surface area contributed by atoms with Crippen LogP contribution in [-0.2, 0) is 6.54 Å². The third-order valence-corrected chi connectivity index (χ3v) is 2.88. The first kappa shape index (κ1) is 11.8. The summed E-state index contributed by atoms with van der Waals surface area (Å²) in [6.07, 6.45) is 1.69. The average Bonchev–Trinajstić information content (AvgIpc) is 2.73. The molecule has 4 heteroatoms. The Hall–Kier alpha value is -1.68. The largest absolute Gasteiger partial charge is 0.348 e. The van der Waals surface area contributed by atoms with Crippen molar-refractivity contribution >= 4 is 0 Å². The van der Waals surface area contributed by atoms with Gasteiger partial charge in [0.15, 0.2) is 0 Å². The summed E-state index contributed by atoms with van der Waals surface area (Å²) in [5.74, 6) is -0.205. The Kier molecular flexibility index (Phi) is 3.54. The summed E-state index contributed by atoms with van der Waals surface area (Å²) in [5.41, 5.74) is 3.15. The fraction of sp³-hybridized carbons (Fsp3) is 0.308. The summed E-state index contributed by atoms with van der Waals surface area (Å²) in [4.78, 5) is 7.26. The minimum atomic E-state index is -0.205. The molecule has 1 atom stereocenters. The van der Waals surface area contributed by atoms with Crippen LogP contribution in [-0.4, -0.2) is 9.97 Å². The van der Waals surface area contributed by atoms with Crippen molar-refractivity contribution < 1.29 is 4.39 Å². The number of aromatic amines is 1. The number of hydrogen-bond donors (Lipinski definition) is 2. The van der Waals surface area contributed by atoms with Gasteiger partial charge in [0, 0.05) is 18.3 Å². The van der Waals surface area contributed by atoms with Crippen molar-refractivity contribution in [2.24, 2.45) is 0 Å². The Morgan fingerprint density at radius 1 is 1.35 bits per heavy atom. The van der Waals surface area contributed by atoms with Gasteiger partial charge in [-0.1, -0.05) is 12.1 Å². The van der Waals surface area contributed by atoms with Crippen molar-refractivity contribution in [3.63, 3.8) is 0 Å². The van der Waals surface area contributed by atoms with Gasteiger partial charge >= 0.3 is 0 Å². The zero-order valence-corrected chi connectivity index (χ0v) is 10.00. The molecule has 0 aliphatic carbocycles. The fourth-order valence-electron chi connectivity index (χ4n) is 1.68. The third-order valence-electron chi connectivity index (χ3n) is 2.88. The third kappa shape index (κ3) is 2.91. The highest BCUT2D eigenvalue weighted by molar-refractivity contribution is 5.19. The number of H-pyrrole nitrogens is 1. The highest BCUT2D eigenvalue weighted by atomic mass is 19.1. The topological polar surface area (TPSA) is 40.7 Å². The summed E-state index contributed by atoms with van der Waals surface area (Å²) >= 11 is 0. The van der Waals surface area contributed by atoms with E-state index in [-0.39, 0.29) is 11.9 Å². The predicted molar refractivity (Wildman–Crippen MR) is 65.0 cm³/mol. The highest BCUT2D eigenvalue weighted by Gasteiger charge is 2.06. The number of nitrogens with one attached hydrogen (secondary N) is 2. The lowest BCUT2D eigenvalue weighted by molar-refractivity contribution is 0.564. The molecule has 0 radical (unpaired) electrons. The predicted octanol–water partition coefficient (Wildman–Crippen LogP) is 2.71. The monoisotopic (exact) mass is 233 g/mol. The van der Waals surface area contributed by atoms with E-state index in [1.165, 1.54) is 12.1 Å². The molecule has 0 saturated carbocycles. The molecule has 0 saturated heterocycles. The number of rotatable bonds is 4. The van der Waals surface area contributed by atoms with E-state index in [1.54, 1.807) is 18.5 Å². The molecule has 2 rings (SSSR count). The molecule has 1 aromatic heterocycles. The minimum absolute atomic E-state index is 0.173. The second kappa shape index (κ2) is 5.10. The molecule has 0 fully saturated rings. The Morgan fingerprint density at radius 2 is 2.06 bits per heavy atom. The van der Waals surface area contributed by atoms with Crippen molar-refractivity contribution in [3.8, 4) is 0 Å². The summed E-state index contributed by atoms with van der Waals surface area (Å²) < 4.78 is 12.8. The molecule has 0 unspecified atom stereocenters. The normalized spacial score (nSPS) is 12.6. The molecule has 0 aliphatic rings. The van der Waals surface area contributed by atoms with Crippen LogP contribution in [0.1, 0.15) is 29.9 Å². The number of aryl methyl sites for hydroxylation is 1. The number of aromatic nitrogens is 2. The summed E-state index contributed by atoms with van der Waals surface area (Å²) in [6, 6.07) is 6.72. The molecular formula is C13H16FN3. The van der Waals surface area contributed by atoms with E-state index in [0.29, 0.717) is 6.54 Å². The van der Waals surface area contributed by atoms with Crippen LogP contribution in [0, 0.1) is 12.7 Å². The molecule has 90 valence electrons. The van der Waals surface area contributed by atoms with Gasteiger partial charge in [-0.2, -0.15) is 0 Å². The lowest BCUT2D eigenvalue weighted by Crippen LogP contribution is -2.18. The molecular weight excluding hydrogens is 217 g/mol. The standard InChI is InChI=1S/C13H16FN3/c1-9(11-3-5-12(14)6-4-11)15-7-13-10(2)16-8-17-13/h3-6,8-9,15H,7H2,1-2H3,(H,16,17)/t9-/m1/s1. The molecule has 0 bridgehead atoms. The molecule has 0 spiro atoms. The van der Waals surface area contributed by atoms with Crippen LogP contribution in [0.25, 0.3) is 0 Å². The van der Waals surface area contributed by atoms with Gasteiger partial charge in [-0.15, -0.1) is 0 Å². The minimum Gasteiger partial charge on any atom is -0.348 e. The van der Waals surface area contributed by atoms with Gasteiger partial charge in [0.1, 0.15) is 5.82 Å². The SMILES string of the molecule is Cc1[nH]cnc1CN[C@H](C)c1ccc(F)cc1. The van der Waals surface area contributed by atoms with Crippen molar-refractivity contribution in [2.45, 2.75) is 26.4 Å². The van der Waals surface area contributed by atoms with Gasteiger partial charge in [-0.05, 0) is 31.5 Å². The molecule has 0 aliphatic heterocycles. The zero-order chi connectivity index (χ0) is 12.3. The fourth-order valence-corrected chi connectivity index (χ4v) is 1.68. The number of hydrogen-bond acceptors (Lipinski definition) is 2. The summed E-state index contributed by atoms with van der Waals surface area (Å²) in [7, 11) is 0. The quantitative estimate of drug-likeness (QED) is 0.852. The van der Waals surface area contributed by atoms with E-state index in [1.807, 2.05) is 6.92 Å². The van der Waals surface area contributed by atoms with Gasteiger partial charge < -0.3 is 10.3 Å². The molecule has 17 heavy (non-hydrogen) atoms. The van der Waals surface area contributed by atoms with Crippen LogP contribution in [0.3, 0.4) is 0 Å². The van der Waals surface area contributed by atoms with E-state index in [9.17, 15) is 4.39 Å². The lowest BCUT2D eigenvalue weighted by Gasteiger charge is -2.13. The van der Waals surface area contributed by atoms with Gasteiger partial charge in [0.25, 0.3) is 0 Å². The van der Waals surface area contributed by atoms with Gasteiger partial charge in [-0.25, -0.2) is 9.37 Å². The average molecular weight is 233 g/mol. The first-order valence-electron chi connectivity index (χ1n) is 5.64. The first-order chi connectivity index (χ1) is 8.16. The van der Waals surface area contributed by atoms with Crippen LogP contribution in [0.15, 0.2) is 30.6 Å². The maximum atomic E-state index is 12.8. The second-order valence-corrected chi connectivity index (χ2v) is 4.13. The van der Waals surface area contributed by atoms with Crippen molar-refractivity contribution in [2.75, 3.05) is 0 Å². The Morgan fingerprint density at radius 3 is 2.65 bits per heavy atom. The molecule has 3 nitrogen and oxygen atoms in total. The van der Waals surface area contributed by atoms with Crippen LogP contribution in [0.5, 0.6) is 0 Å². The maximum absolute atomic E-state index is 12.8. The number of nitrogens with zero attached hydrogens (tertiary/aromatic N) is 1. The van der Waals surface area contributed by atoms with Gasteiger partial charge in [0.05, 0.1) is 12.0 Å². The maximum Gasteiger partial charge on any atom is 0.123 e. The van der Waals surface area contributed by atoms with E-state index in [4.69, 9.17) is 0 Å². The second-order valence-electron chi connectivity index (χ2n) is 4.13. The van der Waals surface area contributed by atoms with Crippen molar-refractivity contribution in [3.05, 3.63) is 53.4 Å². The molecule has 2 aromatic rings. The summed E-state index contributed by atoms with van der Waals surface area (Å²) in [5, 5.41) is 3.36. The van der Waals surface area contributed by atoms with Gasteiger partial charge in [0.2, 0.25) is 0 Å². The Labute approximate surface area is 100 Å². The molecule has 2 N–H and O–H groups in total. The Balaban J connectivity index is 1.95. The summed E-state index contributed by atoms with van der Waals surface area (Å²) in [6.45, 7) is 4.75. The van der Waals surface area contributed by atoms with Gasteiger partial charge in [-0.3, -0.25) is 0 Å². The van der Waals surface area contributed by atoms with Crippen LogP contribution >= 0.6 is 0 Å².